The van der Waals surface area contributed by atoms with Gasteiger partial charge in [-0.05, 0) is 6.07 Å². The number of thiazole rings is 1. The summed E-state index contributed by atoms with van der Waals surface area (Å²) in [5.74, 6) is -1.68. The molecule has 2 aromatic rings. The van der Waals surface area contributed by atoms with Gasteiger partial charge in [-0.25, -0.2) is 13.8 Å². The van der Waals surface area contributed by atoms with E-state index in [1.807, 2.05) is 0 Å². The number of anilines is 1. The minimum atomic E-state index is -0.724. The molecule has 1 N–H and O–H groups in total. The fourth-order valence-corrected chi connectivity index (χ4v) is 2.11. The van der Waals surface area contributed by atoms with Crippen molar-refractivity contribution >= 4 is 32.6 Å². The summed E-state index contributed by atoms with van der Waals surface area (Å²) < 4.78 is 26.4. The van der Waals surface area contributed by atoms with Crippen molar-refractivity contribution in [1.82, 2.24) is 4.98 Å². The lowest BCUT2D eigenvalue weighted by Crippen LogP contribution is -2.04. The topological polar surface area (TPSA) is 42.0 Å². The Balaban J connectivity index is 2.55. The monoisotopic (exact) mass is 228 g/mol. The molecule has 0 unspecified atom stereocenters. The van der Waals surface area contributed by atoms with E-state index in [2.05, 4.69) is 10.3 Å². The number of nitrogens with one attached hydrogen (secondary N) is 1. The van der Waals surface area contributed by atoms with E-state index in [0.717, 1.165) is 17.4 Å². The van der Waals surface area contributed by atoms with Crippen LogP contribution in [0, 0.1) is 11.6 Å². The fraction of sp³-hybridized carbons (Fsp3) is 0.111. The van der Waals surface area contributed by atoms with Crippen molar-refractivity contribution in [2.24, 2.45) is 0 Å². The lowest BCUT2D eigenvalue weighted by atomic mass is 10.3. The smallest absolute Gasteiger partial charge is 0.223 e. The minimum Gasteiger partial charge on any atom is -0.302 e. The zero-order valence-corrected chi connectivity index (χ0v) is 8.49. The molecular formula is C9H6F2N2OS. The molecule has 1 heterocycles. The summed E-state index contributed by atoms with van der Waals surface area (Å²) in [6.45, 7) is 1.32. The first-order valence-electron chi connectivity index (χ1n) is 4.09. The van der Waals surface area contributed by atoms with Crippen LogP contribution in [0.4, 0.5) is 13.9 Å². The minimum absolute atomic E-state index is 0.0742. The quantitative estimate of drug-likeness (QED) is 0.814. The first kappa shape index (κ1) is 9.97. The molecule has 3 nitrogen and oxygen atoms in total. The Labute approximate surface area is 87.7 Å². The van der Waals surface area contributed by atoms with Crippen LogP contribution >= 0.6 is 11.3 Å². The number of hydrogen-bond acceptors (Lipinski definition) is 3. The molecule has 6 heteroatoms. The Morgan fingerprint density at radius 2 is 2.20 bits per heavy atom. The van der Waals surface area contributed by atoms with Gasteiger partial charge >= 0.3 is 0 Å². The predicted molar refractivity (Wildman–Crippen MR) is 53.8 cm³/mol. The molecule has 0 aliphatic carbocycles. The molecule has 0 bridgehead atoms. The van der Waals surface area contributed by atoms with E-state index < -0.39 is 11.6 Å². The molecule has 0 aliphatic heterocycles. The molecule has 0 fully saturated rings. The summed E-state index contributed by atoms with van der Waals surface area (Å²) in [6, 6.07) is 1.95. The van der Waals surface area contributed by atoms with Gasteiger partial charge < -0.3 is 5.32 Å². The molecule has 0 atom stereocenters. The number of halogens is 2. The van der Waals surface area contributed by atoms with E-state index in [4.69, 9.17) is 0 Å². The lowest BCUT2D eigenvalue weighted by Gasteiger charge is -1.91. The SMILES string of the molecule is CC(=O)Nc1nc2c(F)cc(F)cc2s1. The first-order chi connectivity index (χ1) is 7.06. The number of rotatable bonds is 1. The van der Waals surface area contributed by atoms with Crippen LogP contribution in [-0.2, 0) is 4.79 Å². The summed E-state index contributed by atoms with van der Waals surface area (Å²) in [7, 11) is 0. The summed E-state index contributed by atoms with van der Waals surface area (Å²) in [6.07, 6.45) is 0. The van der Waals surface area contributed by atoms with Gasteiger partial charge in [0.1, 0.15) is 11.3 Å². The number of carbonyl (C=O) groups excluding carboxylic acids is 1. The number of nitrogens with zero attached hydrogens (tertiary/aromatic N) is 1. The molecule has 78 valence electrons. The third kappa shape index (κ3) is 1.94. The van der Waals surface area contributed by atoms with Crippen LogP contribution in [0.2, 0.25) is 0 Å². The second kappa shape index (κ2) is 3.54. The second-order valence-corrected chi connectivity index (χ2v) is 3.97. The average Bonchev–Trinajstić information content (AvgIpc) is 2.45. The average molecular weight is 228 g/mol. The maximum Gasteiger partial charge on any atom is 0.223 e. The highest BCUT2D eigenvalue weighted by Gasteiger charge is 2.10. The number of fused-ring (bicyclic) bond motifs is 1. The fourth-order valence-electron chi connectivity index (χ4n) is 1.16. The molecule has 1 aromatic carbocycles. The van der Waals surface area contributed by atoms with Crippen molar-refractivity contribution in [3.63, 3.8) is 0 Å². The highest BCUT2D eigenvalue weighted by molar-refractivity contribution is 7.22. The van der Waals surface area contributed by atoms with Gasteiger partial charge in [0, 0.05) is 13.0 Å². The van der Waals surface area contributed by atoms with Crippen molar-refractivity contribution in [2.75, 3.05) is 5.32 Å². The molecule has 15 heavy (non-hydrogen) atoms. The highest BCUT2D eigenvalue weighted by Crippen LogP contribution is 2.28. The van der Waals surface area contributed by atoms with E-state index in [-0.39, 0.29) is 16.6 Å². The van der Waals surface area contributed by atoms with E-state index in [1.165, 1.54) is 13.0 Å². The van der Waals surface area contributed by atoms with Gasteiger partial charge in [0.2, 0.25) is 5.91 Å². The van der Waals surface area contributed by atoms with E-state index in [0.29, 0.717) is 4.70 Å². The molecule has 0 saturated carbocycles. The lowest BCUT2D eigenvalue weighted by molar-refractivity contribution is -0.114. The van der Waals surface area contributed by atoms with Gasteiger partial charge in [-0.2, -0.15) is 0 Å². The summed E-state index contributed by atoms with van der Waals surface area (Å²) in [5.41, 5.74) is 0.0742. The standard InChI is InChI=1S/C9H6F2N2OS/c1-4(14)12-9-13-8-6(11)2-5(10)3-7(8)15-9/h2-3H,1H3,(H,12,13,14). The van der Waals surface area contributed by atoms with Crippen LogP contribution in [0.15, 0.2) is 12.1 Å². The molecule has 1 amide bonds. The third-order valence-corrected chi connectivity index (χ3v) is 2.61. The molecule has 0 radical (unpaired) electrons. The van der Waals surface area contributed by atoms with Crippen LogP contribution in [0.3, 0.4) is 0 Å². The molecule has 0 aliphatic rings. The molecule has 0 saturated heterocycles. The van der Waals surface area contributed by atoms with E-state index in [1.54, 1.807) is 0 Å². The van der Waals surface area contributed by atoms with Gasteiger partial charge in [0.25, 0.3) is 0 Å². The first-order valence-corrected chi connectivity index (χ1v) is 4.91. The number of benzene rings is 1. The van der Waals surface area contributed by atoms with Crippen molar-refractivity contribution < 1.29 is 13.6 Å². The molecular weight excluding hydrogens is 222 g/mol. The Morgan fingerprint density at radius 3 is 2.87 bits per heavy atom. The van der Waals surface area contributed by atoms with Gasteiger partial charge in [-0.15, -0.1) is 0 Å². The van der Waals surface area contributed by atoms with Crippen molar-refractivity contribution in [3.05, 3.63) is 23.8 Å². The molecule has 2 rings (SSSR count). The number of amides is 1. The number of aromatic nitrogens is 1. The molecule has 1 aromatic heterocycles. The summed E-state index contributed by atoms with van der Waals surface area (Å²) in [5, 5.41) is 2.69. The van der Waals surface area contributed by atoms with Crippen molar-refractivity contribution in [3.8, 4) is 0 Å². The van der Waals surface area contributed by atoms with Gasteiger partial charge in [0.15, 0.2) is 10.9 Å². The zero-order chi connectivity index (χ0) is 11.0. The van der Waals surface area contributed by atoms with Crippen LogP contribution in [0.5, 0.6) is 0 Å². The maximum absolute atomic E-state index is 13.2. The highest BCUT2D eigenvalue weighted by atomic mass is 32.1. The Kier molecular flexibility index (Phi) is 2.36. The van der Waals surface area contributed by atoms with E-state index >= 15 is 0 Å². The van der Waals surface area contributed by atoms with Gasteiger partial charge in [0.05, 0.1) is 4.70 Å². The second-order valence-electron chi connectivity index (χ2n) is 2.93. The Hall–Kier alpha value is -1.56. The van der Waals surface area contributed by atoms with Crippen LogP contribution < -0.4 is 5.32 Å². The van der Waals surface area contributed by atoms with Crippen LogP contribution in [-0.4, -0.2) is 10.9 Å². The van der Waals surface area contributed by atoms with Crippen LogP contribution in [0.25, 0.3) is 10.2 Å². The Morgan fingerprint density at radius 1 is 1.47 bits per heavy atom. The van der Waals surface area contributed by atoms with Gasteiger partial charge in [-0.1, -0.05) is 11.3 Å². The number of hydrogen-bond donors (Lipinski definition) is 1. The van der Waals surface area contributed by atoms with E-state index in [9.17, 15) is 13.6 Å². The summed E-state index contributed by atoms with van der Waals surface area (Å²) >= 11 is 1.03. The Bertz CT molecular complexity index is 538. The zero-order valence-electron chi connectivity index (χ0n) is 7.67. The largest absolute Gasteiger partial charge is 0.302 e. The van der Waals surface area contributed by atoms with Gasteiger partial charge in [-0.3, -0.25) is 4.79 Å². The van der Waals surface area contributed by atoms with Crippen molar-refractivity contribution in [2.45, 2.75) is 6.92 Å². The van der Waals surface area contributed by atoms with Crippen molar-refractivity contribution in [1.29, 1.82) is 0 Å². The molecule has 0 spiro atoms. The van der Waals surface area contributed by atoms with Crippen LogP contribution in [0.1, 0.15) is 6.92 Å². The summed E-state index contributed by atoms with van der Waals surface area (Å²) in [4.78, 5) is 14.6. The third-order valence-electron chi connectivity index (χ3n) is 1.70. The normalized spacial score (nSPS) is 10.6. The predicted octanol–water partition coefficient (Wildman–Crippen LogP) is 2.53. The number of carbonyl (C=O) groups is 1. The maximum atomic E-state index is 13.2.